The summed E-state index contributed by atoms with van der Waals surface area (Å²) in [6.07, 6.45) is 0.0808. The molecule has 0 unspecified atom stereocenters. The Morgan fingerprint density at radius 2 is 0.696 bits per heavy atom. The van der Waals surface area contributed by atoms with Gasteiger partial charge in [-0.1, -0.05) is 273 Å². The van der Waals surface area contributed by atoms with E-state index in [0.717, 1.165) is 66.9 Å². The lowest BCUT2D eigenvalue weighted by molar-refractivity contribution is -0.122. The average molecular weight is 1480 g/mol. The Morgan fingerprint density at radius 1 is 0.411 bits per heavy atom. The molecule has 3 atom stereocenters. The van der Waals surface area contributed by atoms with Crippen LogP contribution < -0.4 is 27.4 Å². The minimum atomic E-state index is -0.923. The third-order valence-corrected chi connectivity index (χ3v) is 20.2. The largest absolute Gasteiger partial charge is 0.364 e. The molecular formula is C93H84N14O5. The van der Waals surface area contributed by atoms with Crippen molar-refractivity contribution in [3.8, 4) is 6.07 Å². The molecule has 1 aliphatic rings. The van der Waals surface area contributed by atoms with Crippen molar-refractivity contribution in [2.75, 3.05) is 0 Å². The molecule has 5 amide bonds. The summed E-state index contributed by atoms with van der Waals surface area (Å²) in [5.74, 6) is -1.83. The van der Waals surface area contributed by atoms with Gasteiger partial charge in [0.05, 0.1) is 94.2 Å². The third-order valence-electron chi connectivity index (χ3n) is 20.2. The third kappa shape index (κ3) is 15.9. The molecule has 9 aromatic carbocycles. The lowest BCUT2D eigenvalue weighted by Gasteiger charge is -2.37. The second kappa shape index (κ2) is 34.0. The summed E-state index contributed by atoms with van der Waals surface area (Å²) >= 11 is 0. The van der Waals surface area contributed by atoms with Gasteiger partial charge in [-0.3, -0.25) is 29.0 Å². The molecule has 15 rings (SSSR count). The van der Waals surface area contributed by atoms with Gasteiger partial charge in [-0.2, -0.15) is 15.5 Å². The summed E-state index contributed by atoms with van der Waals surface area (Å²) < 4.78 is 3.97. The fourth-order valence-electron chi connectivity index (χ4n) is 15.1. The van der Waals surface area contributed by atoms with Crippen molar-refractivity contribution in [1.82, 2.24) is 50.5 Å². The van der Waals surface area contributed by atoms with Gasteiger partial charge in [-0.15, -0.1) is 0 Å². The van der Waals surface area contributed by atoms with Gasteiger partial charge in [0.25, 0.3) is 11.8 Å². The molecular weight excluding hydrogens is 1390 g/mol. The van der Waals surface area contributed by atoms with E-state index < -0.39 is 22.9 Å². The number of primary amides is 2. The number of aryl methyl sites for hydroxylation is 2. The minimum Gasteiger partial charge on any atom is -0.364 e. The van der Waals surface area contributed by atoms with Crippen LogP contribution in [0.2, 0.25) is 0 Å². The van der Waals surface area contributed by atoms with Gasteiger partial charge in [0.1, 0.15) is 28.5 Å². The number of carbonyl (C=O) groups excluding carboxylic acids is 5. The van der Waals surface area contributed by atoms with Crippen molar-refractivity contribution >= 4 is 57.1 Å². The molecule has 0 aliphatic carbocycles. The van der Waals surface area contributed by atoms with Gasteiger partial charge in [0.15, 0.2) is 5.69 Å². The zero-order valence-electron chi connectivity index (χ0n) is 63.0. The number of amides is 5. The van der Waals surface area contributed by atoms with Crippen LogP contribution in [0.15, 0.2) is 296 Å². The van der Waals surface area contributed by atoms with Crippen molar-refractivity contribution < 1.29 is 24.0 Å². The summed E-state index contributed by atoms with van der Waals surface area (Å²) in [7, 11) is 0. The zero-order chi connectivity index (χ0) is 78.5. The van der Waals surface area contributed by atoms with E-state index in [0.29, 0.717) is 56.9 Å². The van der Waals surface area contributed by atoms with Gasteiger partial charge >= 0.3 is 0 Å². The number of rotatable bonds is 22. The number of nitrogens with zero attached hydrogens (tertiary/aromatic N) is 9. The number of aliphatic imine (C=N–C) groups is 1. The summed E-state index contributed by atoms with van der Waals surface area (Å²) in [4.78, 5) is 81.3. The molecule has 5 aromatic heterocycles. The van der Waals surface area contributed by atoms with E-state index in [4.69, 9.17) is 21.7 Å². The standard InChI is InChI=1S/C37H33N5O2.C37H31N5O.C19H20N4O2/c1-25(27-15-7-3-8-16-27)39-33(43)24-31-23-32-34(35(40-31)36(38)44)26(2)41-42(32)37(28-17-9-4-10-18-28,29-19-11-5-12-20-29)30-21-13-6-14-22-30;1-26(28-15-7-3-8-16-28)39-35(43)24-32-23-34-36(33(25-38)40-32)27(2)41-42(34)37(29-17-9-4-10-18-29,30-19-11-5-12-20-30)31-21-13-6-14-22-31;1-11(13-6-4-3-5-7-13)22-16(24)9-15-8-14-10-21-12(2)17(14)18(23-15)19(20)25/h3-23,25H,24H2,1-2H3,(H2,38,44)(H,39,43);3-23,26H,24H2,1-2H3,(H,39,43);3-8,11H,9-10H2,1-2H3,(H2,20,25)(H,22,24)/t25-;26-;11-/m111/s1. The number of carbonyl (C=O) groups is 5. The smallest absolute Gasteiger partial charge is 0.268 e. The van der Waals surface area contributed by atoms with Crippen LogP contribution >= 0.6 is 0 Å². The fourth-order valence-corrected chi connectivity index (χ4v) is 15.1. The van der Waals surface area contributed by atoms with E-state index in [-0.39, 0.29) is 72.2 Å². The topological polar surface area (TPSA) is 284 Å². The molecule has 0 saturated carbocycles. The highest BCUT2D eigenvalue weighted by Gasteiger charge is 2.43. The molecule has 19 heteroatoms. The Kier molecular flexibility index (Phi) is 23.1. The molecule has 19 nitrogen and oxygen atoms in total. The van der Waals surface area contributed by atoms with Gasteiger partial charge in [-0.25, -0.2) is 24.3 Å². The molecule has 1 aliphatic heterocycles. The zero-order valence-corrected chi connectivity index (χ0v) is 63.0. The number of pyridine rings is 3. The maximum atomic E-state index is 13.3. The van der Waals surface area contributed by atoms with Crippen molar-refractivity contribution in [2.45, 2.75) is 96.6 Å². The lowest BCUT2D eigenvalue weighted by atomic mass is 9.77. The van der Waals surface area contributed by atoms with E-state index in [2.05, 4.69) is 115 Å². The van der Waals surface area contributed by atoms with Gasteiger partial charge in [0.2, 0.25) is 17.7 Å². The number of benzene rings is 9. The summed E-state index contributed by atoms with van der Waals surface area (Å²) in [5, 5.41) is 30.8. The maximum Gasteiger partial charge on any atom is 0.268 e. The molecule has 7 N–H and O–H groups in total. The summed E-state index contributed by atoms with van der Waals surface area (Å²) in [5.41, 5.74) is 25.6. The highest BCUT2D eigenvalue weighted by molar-refractivity contribution is 6.10. The predicted octanol–water partition coefficient (Wildman–Crippen LogP) is 14.9. The van der Waals surface area contributed by atoms with E-state index in [9.17, 15) is 29.2 Å². The van der Waals surface area contributed by atoms with Crippen LogP contribution in [0.3, 0.4) is 0 Å². The SMILES string of the molecule is CC1=NCc2cc(CC(=O)N[C@H](C)c3ccccc3)nc(C(N)=O)c21.Cc1nn(C(c2ccccc2)(c2ccccc2)c2ccccc2)c2cc(CC(=O)N[C@H](C)c3ccccc3)nc(C#N)c12.Cc1nn(C(c2ccccc2)(c2ccccc2)c2ccccc2)c2cc(CC(=O)N[C@H](C)c3ccccc3)nc(C(N)=O)c12. The average Bonchev–Trinajstić information content (AvgIpc) is 1.47. The molecule has 14 aromatic rings. The predicted molar refractivity (Wildman–Crippen MR) is 436 cm³/mol. The molecule has 0 saturated heterocycles. The van der Waals surface area contributed by atoms with Crippen LogP contribution in [0.1, 0.15) is 162 Å². The first-order valence-electron chi connectivity index (χ1n) is 37.1. The van der Waals surface area contributed by atoms with Crippen molar-refractivity contribution in [3.63, 3.8) is 0 Å². The van der Waals surface area contributed by atoms with Crippen LogP contribution in [0.25, 0.3) is 21.8 Å². The Labute approximate surface area is 650 Å². The quantitative estimate of drug-likeness (QED) is 0.0398. The van der Waals surface area contributed by atoms with Crippen LogP contribution in [-0.4, -0.2) is 69.8 Å². The Hall–Kier alpha value is -14.1. The summed E-state index contributed by atoms with van der Waals surface area (Å²) in [6, 6.07) is 98.0. The maximum absolute atomic E-state index is 13.3. The number of nitrogens with one attached hydrogen (secondary N) is 3. The van der Waals surface area contributed by atoms with Crippen LogP contribution in [0.4, 0.5) is 0 Å². The second-order valence-electron chi connectivity index (χ2n) is 27.7. The van der Waals surface area contributed by atoms with Gasteiger partial charge in [-0.05, 0) is 115 Å². The van der Waals surface area contributed by atoms with E-state index in [1.807, 2.05) is 269 Å². The van der Waals surface area contributed by atoms with Gasteiger partial charge < -0.3 is 27.4 Å². The van der Waals surface area contributed by atoms with Crippen molar-refractivity contribution in [2.24, 2.45) is 16.5 Å². The first kappa shape index (κ1) is 76.1. The van der Waals surface area contributed by atoms with Crippen molar-refractivity contribution in [3.05, 3.63) is 398 Å². The number of fused-ring (bicyclic) bond motifs is 3. The van der Waals surface area contributed by atoms with Gasteiger partial charge in [0, 0.05) is 11.3 Å². The second-order valence-corrected chi connectivity index (χ2v) is 27.7. The molecule has 6 heterocycles. The first-order chi connectivity index (χ1) is 54.4. The van der Waals surface area contributed by atoms with E-state index in [1.54, 1.807) is 0 Å². The lowest BCUT2D eigenvalue weighted by Crippen LogP contribution is -2.38. The van der Waals surface area contributed by atoms with E-state index >= 15 is 0 Å². The molecule has 556 valence electrons. The summed E-state index contributed by atoms with van der Waals surface area (Å²) in [6.45, 7) is 11.9. The normalized spacial score (nSPS) is 12.5. The minimum absolute atomic E-state index is 0.0288. The van der Waals surface area contributed by atoms with Crippen LogP contribution in [0.5, 0.6) is 0 Å². The first-order valence-corrected chi connectivity index (χ1v) is 37.1. The van der Waals surface area contributed by atoms with Crippen LogP contribution in [-0.2, 0) is 51.3 Å². The number of hydrogen-bond donors (Lipinski definition) is 5. The molecule has 0 spiro atoms. The van der Waals surface area contributed by atoms with Crippen LogP contribution in [0, 0.1) is 25.2 Å². The Bertz CT molecular complexity index is 5590. The van der Waals surface area contributed by atoms with E-state index in [1.165, 1.54) is 0 Å². The fraction of sp³-hybridized carbons (Fsp3) is 0.161. The highest BCUT2D eigenvalue weighted by Crippen LogP contribution is 2.45. The number of nitrogens with two attached hydrogens (primary N) is 2. The molecule has 0 bridgehead atoms. The Morgan fingerprint density at radius 3 is 1.02 bits per heavy atom. The number of aromatic nitrogens is 7. The number of hydrogen-bond acceptors (Lipinski definition) is 12. The van der Waals surface area contributed by atoms with Crippen molar-refractivity contribution in [1.29, 1.82) is 5.26 Å². The molecule has 112 heavy (non-hydrogen) atoms. The Balaban J connectivity index is 0.000000153. The monoisotopic (exact) mass is 1480 g/mol. The molecule has 0 fully saturated rings. The highest BCUT2D eigenvalue weighted by atomic mass is 16.2. The molecule has 0 radical (unpaired) electrons. The number of nitriles is 1.